The highest BCUT2D eigenvalue weighted by molar-refractivity contribution is 6.31. The number of unbranched alkanes of at least 4 members (excludes halogenated alkanes) is 1. The SMILES string of the molecule is CNc1nc(N)c(Cl)nc1C(=O)NCC[N+](C)(C)CCCCNC(=O)CCc1ccc(OCc2ccccc2)cc1. The lowest BCUT2D eigenvalue weighted by atomic mass is 10.1. The molecule has 11 heteroatoms. The molecule has 0 aliphatic carbocycles. The molecule has 41 heavy (non-hydrogen) atoms. The number of amides is 2. The Bertz CT molecular complexity index is 1270. The second-order valence-electron chi connectivity index (χ2n) is 10.5. The van der Waals surface area contributed by atoms with E-state index in [-0.39, 0.29) is 34.3 Å². The van der Waals surface area contributed by atoms with E-state index in [2.05, 4.69) is 40.0 Å². The molecular weight excluding hydrogens is 542 g/mol. The van der Waals surface area contributed by atoms with Gasteiger partial charge in [-0.25, -0.2) is 9.97 Å². The molecule has 1 aromatic heterocycles. The number of quaternary nitrogens is 1. The number of nitrogen functional groups attached to an aromatic ring is 1. The van der Waals surface area contributed by atoms with Crippen LogP contribution in [0.1, 0.15) is 40.9 Å². The van der Waals surface area contributed by atoms with Gasteiger partial charge in [0.25, 0.3) is 5.91 Å². The van der Waals surface area contributed by atoms with Crippen molar-refractivity contribution in [2.45, 2.75) is 32.3 Å². The molecular formula is C30H41ClN7O3+. The number of carbonyl (C=O) groups is 2. The Labute approximate surface area is 247 Å². The standard InChI is InChI=1S/C30H40ClN7O3/c1-33-29-26(36-27(31)28(32)37-29)30(40)35-18-20-38(2,3)19-8-7-17-34-25(39)16-13-22-11-14-24(15-12-22)41-21-23-9-5-4-6-10-23/h4-6,9-12,14-15H,7-8,13,16-21H2,1-3H3,(H4-,32,33,34,35,37,39,40)/p+1. The fraction of sp³-hybridized carbons (Fsp3) is 0.400. The van der Waals surface area contributed by atoms with Crippen LogP contribution in [0.15, 0.2) is 54.6 Å². The van der Waals surface area contributed by atoms with Crippen LogP contribution in [0.5, 0.6) is 5.75 Å². The predicted molar refractivity (Wildman–Crippen MR) is 163 cm³/mol. The molecule has 1 heterocycles. The molecule has 3 rings (SSSR count). The maximum absolute atomic E-state index is 12.6. The summed E-state index contributed by atoms with van der Waals surface area (Å²) in [6.45, 7) is 3.29. The van der Waals surface area contributed by atoms with Gasteiger partial charge in [-0.05, 0) is 42.5 Å². The van der Waals surface area contributed by atoms with Crippen molar-refractivity contribution in [3.63, 3.8) is 0 Å². The number of likely N-dealkylation sites (N-methyl/N-ethyl adjacent to an activating group) is 1. The van der Waals surface area contributed by atoms with Crippen LogP contribution < -0.4 is 26.4 Å². The first-order valence-electron chi connectivity index (χ1n) is 13.8. The van der Waals surface area contributed by atoms with Gasteiger partial charge in [-0.2, -0.15) is 0 Å². The van der Waals surface area contributed by atoms with Crippen molar-refractivity contribution in [2.75, 3.05) is 58.4 Å². The molecule has 0 aliphatic rings. The molecule has 0 saturated heterocycles. The summed E-state index contributed by atoms with van der Waals surface area (Å²) in [7, 11) is 5.86. The van der Waals surface area contributed by atoms with Crippen LogP contribution in [-0.4, -0.2) is 73.6 Å². The Morgan fingerprint density at radius 3 is 2.37 bits per heavy atom. The second kappa shape index (κ2) is 15.8. The van der Waals surface area contributed by atoms with Crippen LogP contribution in [0.3, 0.4) is 0 Å². The van der Waals surface area contributed by atoms with Gasteiger partial charge < -0.3 is 30.9 Å². The maximum atomic E-state index is 12.6. The number of nitrogens with zero attached hydrogens (tertiary/aromatic N) is 3. The minimum atomic E-state index is -0.362. The summed E-state index contributed by atoms with van der Waals surface area (Å²) in [6, 6.07) is 18.0. The van der Waals surface area contributed by atoms with Gasteiger partial charge in [0, 0.05) is 20.0 Å². The number of nitrogens with two attached hydrogens (primary N) is 1. The number of hydrogen-bond donors (Lipinski definition) is 4. The molecule has 2 amide bonds. The van der Waals surface area contributed by atoms with Crippen molar-refractivity contribution >= 4 is 35.1 Å². The second-order valence-corrected chi connectivity index (χ2v) is 10.8. The molecule has 3 aromatic rings. The average molecular weight is 583 g/mol. The molecule has 0 unspecified atom stereocenters. The Morgan fingerprint density at radius 1 is 0.927 bits per heavy atom. The van der Waals surface area contributed by atoms with E-state index in [4.69, 9.17) is 22.1 Å². The number of ether oxygens (including phenoxy) is 1. The molecule has 5 N–H and O–H groups in total. The molecule has 220 valence electrons. The minimum absolute atomic E-state index is 0.00346. The van der Waals surface area contributed by atoms with Crippen molar-refractivity contribution in [1.82, 2.24) is 20.6 Å². The van der Waals surface area contributed by atoms with Gasteiger partial charge in [0.2, 0.25) is 5.91 Å². The number of aromatic nitrogens is 2. The smallest absolute Gasteiger partial charge is 0.274 e. The van der Waals surface area contributed by atoms with E-state index in [1.54, 1.807) is 7.05 Å². The summed E-state index contributed by atoms with van der Waals surface area (Å²) in [4.78, 5) is 33.0. The number of hydrogen-bond acceptors (Lipinski definition) is 7. The van der Waals surface area contributed by atoms with Gasteiger partial charge in [-0.15, -0.1) is 0 Å². The fourth-order valence-corrected chi connectivity index (χ4v) is 4.29. The van der Waals surface area contributed by atoms with Crippen molar-refractivity contribution < 1.29 is 18.8 Å². The summed E-state index contributed by atoms with van der Waals surface area (Å²) in [5.74, 6) is 0.852. The first kappa shape index (κ1) is 31.6. The Balaban J connectivity index is 1.27. The van der Waals surface area contributed by atoms with E-state index < -0.39 is 0 Å². The minimum Gasteiger partial charge on any atom is -0.489 e. The van der Waals surface area contributed by atoms with E-state index in [0.717, 1.165) is 47.3 Å². The third kappa shape index (κ3) is 10.9. The first-order valence-corrected chi connectivity index (χ1v) is 14.2. The highest BCUT2D eigenvalue weighted by Gasteiger charge is 2.19. The zero-order valence-corrected chi connectivity index (χ0v) is 24.8. The molecule has 2 aromatic carbocycles. The lowest BCUT2D eigenvalue weighted by Crippen LogP contribution is -2.46. The number of carbonyl (C=O) groups excluding carboxylic acids is 2. The average Bonchev–Trinajstić information content (AvgIpc) is 2.96. The van der Waals surface area contributed by atoms with Crippen molar-refractivity contribution in [1.29, 1.82) is 0 Å². The van der Waals surface area contributed by atoms with Crippen LogP contribution >= 0.6 is 11.6 Å². The van der Waals surface area contributed by atoms with Crippen molar-refractivity contribution in [3.05, 3.63) is 76.6 Å². The third-order valence-electron chi connectivity index (χ3n) is 6.66. The molecule has 0 aliphatic heterocycles. The molecule has 0 saturated carbocycles. The quantitative estimate of drug-likeness (QED) is 0.150. The van der Waals surface area contributed by atoms with Crippen LogP contribution in [-0.2, 0) is 17.8 Å². The molecule has 0 bridgehead atoms. The predicted octanol–water partition coefficient (Wildman–Crippen LogP) is 3.67. The van der Waals surface area contributed by atoms with Gasteiger partial charge >= 0.3 is 0 Å². The lowest BCUT2D eigenvalue weighted by Gasteiger charge is -2.30. The van der Waals surface area contributed by atoms with E-state index in [0.29, 0.717) is 32.5 Å². The van der Waals surface area contributed by atoms with Crippen LogP contribution in [0.2, 0.25) is 5.15 Å². The molecule has 10 nitrogen and oxygen atoms in total. The fourth-order valence-electron chi connectivity index (χ4n) is 4.16. The van der Waals surface area contributed by atoms with Crippen molar-refractivity contribution in [3.8, 4) is 5.75 Å². The Morgan fingerprint density at radius 2 is 1.66 bits per heavy atom. The highest BCUT2D eigenvalue weighted by atomic mass is 35.5. The van der Waals surface area contributed by atoms with Crippen LogP contribution in [0, 0.1) is 0 Å². The zero-order chi connectivity index (χ0) is 29.7. The number of nitrogens with one attached hydrogen (secondary N) is 3. The summed E-state index contributed by atoms with van der Waals surface area (Å²) in [5, 5.41) is 8.71. The molecule has 0 atom stereocenters. The van der Waals surface area contributed by atoms with Gasteiger partial charge in [0.15, 0.2) is 22.5 Å². The van der Waals surface area contributed by atoms with Gasteiger partial charge in [-0.1, -0.05) is 54.1 Å². The van der Waals surface area contributed by atoms with Gasteiger partial charge in [-0.3, -0.25) is 9.59 Å². The molecule has 0 fully saturated rings. The summed E-state index contributed by atoms with van der Waals surface area (Å²) >= 11 is 5.93. The van der Waals surface area contributed by atoms with Crippen LogP contribution in [0.25, 0.3) is 0 Å². The van der Waals surface area contributed by atoms with E-state index in [1.807, 2.05) is 54.6 Å². The number of anilines is 2. The Hall–Kier alpha value is -3.89. The lowest BCUT2D eigenvalue weighted by molar-refractivity contribution is -0.889. The number of benzene rings is 2. The maximum Gasteiger partial charge on any atom is 0.274 e. The number of halogens is 1. The van der Waals surface area contributed by atoms with Crippen molar-refractivity contribution in [2.24, 2.45) is 0 Å². The Kier molecular flexibility index (Phi) is 12.2. The normalized spacial score (nSPS) is 11.1. The topological polar surface area (TPSA) is 131 Å². The first-order chi connectivity index (χ1) is 19.7. The van der Waals surface area contributed by atoms with Gasteiger partial charge in [0.1, 0.15) is 12.4 Å². The zero-order valence-electron chi connectivity index (χ0n) is 24.1. The molecule has 0 radical (unpaired) electrons. The summed E-state index contributed by atoms with van der Waals surface area (Å²) < 4.78 is 6.55. The van der Waals surface area contributed by atoms with Crippen LogP contribution in [0.4, 0.5) is 11.6 Å². The third-order valence-corrected chi connectivity index (χ3v) is 6.94. The number of rotatable bonds is 16. The molecule has 0 spiro atoms. The van der Waals surface area contributed by atoms with E-state index in [1.165, 1.54) is 0 Å². The van der Waals surface area contributed by atoms with E-state index in [9.17, 15) is 9.59 Å². The monoisotopic (exact) mass is 582 g/mol. The van der Waals surface area contributed by atoms with Gasteiger partial charge in [0.05, 0.1) is 33.7 Å². The highest BCUT2D eigenvalue weighted by Crippen LogP contribution is 2.19. The van der Waals surface area contributed by atoms with E-state index >= 15 is 0 Å². The summed E-state index contributed by atoms with van der Waals surface area (Å²) in [6.07, 6.45) is 2.97. The number of aryl methyl sites for hydroxylation is 1. The largest absolute Gasteiger partial charge is 0.489 e. The summed E-state index contributed by atoms with van der Waals surface area (Å²) in [5.41, 5.74) is 8.00.